The minimum Gasteiger partial charge on any atom is -0.358 e. The number of Topliss-reactive ketones (excluding diaryl/α,β-unsaturated/α-hetero) is 2. The lowest BCUT2D eigenvalue weighted by Gasteiger charge is -2.26. The van der Waals surface area contributed by atoms with E-state index >= 15 is 0 Å². The lowest BCUT2D eigenvalue weighted by Crippen LogP contribution is -2.38. The molecule has 2 aromatic carbocycles. The maximum atomic E-state index is 12.9. The summed E-state index contributed by atoms with van der Waals surface area (Å²) in [7, 11) is 0. The highest BCUT2D eigenvalue weighted by Gasteiger charge is 2.59. The highest BCUT2D eigenvalue weighted by molar-refractivity contribution is 6.15. The van der Waals surface area contributed by atoms with Crippen molar-refractivity contribution in [1.29, 1.82) is 0 Å². The third-order valence-corrected chi connectivity index (χ3v) is 5.05. The second-order valence-corrected chi connectivity index (χ2v) is 6.56. The Kier molecular flexibility index (Phi) is 3.48. The summed E-state index contributed by atoms with van der Waals surface area (Å²) in [6, 6.07) is 13.4. The fourth-order valence-corrected chi connectivity index (χ4v) is 3.63. The molecule has 0 unspecified atom stereocenters. The lowest BCUT2D eigenvalue weighted by molar-refractivity contribution is 0.0959. The molecule has 0 bridgehead atoms. The molecule has 0 amide bonds. The molecule has 1 aliphatic heterocycles. The number of halogens is 1. The van der Waals surface area contributed by atoms with E-state index in [4.69, 9.17) is 0 Å². The number of fused-ring (bicyclic) bond motifs is 1. The molecule has 1 saturated carbocycles. The molecule has 1 spiro atoms. The van der Waals surface area contributed by atoms with Gasteiger partial charge >= 0.3 is 0 Å². The van der Waals surface area contributed by atoms with E-state index in [1.54, 1.807) is 0 Å². The first kappa shape index (κ1) is 15.1. The van der Waals surface area contributed by atoms with Gasteiger partial charge in [0, 0.05) is 29.8 Å². The molecule has 0 atom stereocenters. The fourth-order valence-electron chi connectivity index (χ4n) is 3.63. The zero-order valence-electron chi connectivity index (χ0n) is 13.3. The number of nitrogens with zero attached hydrogens (tertiary/aromatic N) is 1. The number of benzene rings is 2. The molecular weight excluding hydrogens is 305 g/mol. The molecule has 24 heavy (non-hydrogen) atoms. The highest BCUT2D eigenvalue weighted by atomic mass is 19.1. The van der Waals surface area contributed by atoms with Crippen LogP contribution in [-0.2, 0) is 0 Å². The van der Waals surface area contributed by atoms with Gasteiger partial charge in [-0.3, -0.25) is 9.59 Å². The summed E-state index contributed by atoms with van der Waals surface area (Å²) in [5.74, 6) is -0.101. The zero-order chi connectivity index (χ0) is 16.7. The van der Waals surface area contributed by atoms with Crippen LogP contribution in [0, 0.1) is 5.82 Å². The summed E-state index contributed by atoms with van der Waals surface area (Å²) in [4.78, 5) is 27.0. The van der Waals surface area contributed by atoms with Gasteiger partial charge in [-0.15, -0.1) is 0 Å². The van der Waals surface area contributed by atoms with Crippen molar-refractivity contribution in [3.05, 3.63) is 65.5 Å². The maximum Gasteiger partial charge on any atom is 0.190 e. The van der Waals surface area contributed by atoms with Gasteiger partial charge in [0.25, 0.3) is 0 Å². The smallest absolute Gasteiger partial charge is 0.190 e. The fraction of sp³-hybridized carbons (Fsp3) is 0.300. The van der Waals surface area contributed by atoms with Gasteiger partial charge in [-0.1, -0.05) is 12.1 Å². The van der Waals surface area contributed by atoms with E-state index in [1.165, 1.54) is 24.3 Å². The monoisotopic (exact) mass is 323 g/mol. The summed E-state index contributed by atoms with van der Waals surface area (Å²) in [5, 5.41) is 0. The highest BCUT2D eigenvalue weighted by Crippen LogP contribution is 2.52. The largest absolute Gasteiger partial charge is 0.358 e. The van der Waals surface area contributed by atoms with Crippen molar-refractivity contribution in [3.8, 4) is 0 Å². The van der Waals surface area contributed by atoms with Gasteiger partial charge in [0.2, 0.25) is 0 Å². The first-order valence-corrected chi connectivity index (χ1v) is 8.32. The van der Waals surface area contributed by atoms with Crippen molar-refractivity contribution in [2.45, 2.75) is 31.2 Å². The predicted octanol–water partition coefficient (Wildman–Crippen LogP) is 4.02. The number of hydrogen-bond donors (Lipinski definition) is 0. The van der Waals surface area contributed by atoms with Crippen LogP contribution in [0.1, 0.15) is 46.4 Å². The molecule has 1 aliphatic carbocycles. The number of para-hydroxylation sites is 1. The van der Waals surface area contributed by atoms with E-state index in [1.807, 2.05) is 24.3 Å². The number of rotatable bonds is 5. The summed E-state index contributed by atoms with van der Waals surface area (Å²) in [6.07, 6.45) is 2.87. The van der Waals surface area contributed by atoms with Crippen molar-refractivity contribution < 1.29 is 14.0 Å². The summed E-state index contributed by atoms with van der Waals surface area (Å²) < 4.78 is 12.9. The van der Waals surface area contributed by atoms with E-state index in [2.05, 4.69) is 4.90 Å². The summed E-state index contributed by atoms with van der Waals surface area (Å²) in [5.41, 5.74) is 1.99. The quantitative estimate of drug-likeness (QED) is 0.780. The van der Waals surface area contributed by atoms with Crippen LogP contribution in [0.15, 0.2) is 48.5 Å². The number of anilines is 1. The van der Waals surface area contributed by atoms with E-state index in [0.717, 1.165) is 24.1 Å². The summed E-state index contributed by atoms with van der Waals surface area (Å²) >= 11 is 0. The van der Waals surface area contributed by atoms with Crippen LogP contribution in [-0.4, -0.2) is 23.7 Å². The Morgan fingerprint density at radius 2 is 1.79 bits per heavy atom. The molecule has 2 aromatic rings. The minimum atomic E-state index is -0.345. The first-order valence-electron chi connectivity index (χ1n) is 8.32. The average Bonchev–Trinajstić information content (AvgIpc) is 3.36. The third-order valence-electron chi connectivity index (χ3n) is 5.05. The van der Waals surface area contributed by atoms with Gasteiger partial charge in [-0.25, -0.2) is 4.39 Å². The molecular formula is C20H18FNO2. The van der Waals surface area contributed by atoms with Crippen LogP contribution in [0.4, 0.5) is 10.1 Å². The standard InChI is InChI=1S/C20H18FNO2/c21-15-9-7-14(8-10-15)18(23)6-3-13-22-17-5-2-1-4-16(17)19(24)20(22)11-12-20/h1-2,4-5,7-10H,3,6,11-13H2. The molecule has 2 aliphatic rings. The molecule has 3 nitrogen and oxygen atoms in total. The van der Waals surface area contributed by atoms with Crippen molar-refractivity contribution in [2.75, 3.05) is 11.4 Å². The Balaban J connectivity index is 1.44. The molecule has 0 saturated heterocycles. The Bertz CT molecular complexity index is 809. The van der Waals surface area contributed by atoms with E-state index < -0.39 is 0 Å². The molecule has 122 valence electrons. The molecule has 1 fully saturated rings. The molecule has 0 radical (unpaired) electrons. The second kappa shape index (κ2) is 5.55. The van der Waals surface area contributed by atoms with Crippen LogP contribution < -0.4 is 4.90 Å². The van der Waals surface area contributed by atoms with Crippen molar-refractivity contribution in [1.82, 2.24) is 0 Å². The van der Waals surface area contributed by atoms with Gasteiger partial charge in [0.05, 0.1) is 0 Å². The van der Waals surface area contributed by atoms with Crippen molar-refractivity contribution in [3.63, 3.8) is 0 Å². The Labute approximate surface area is 140 Å². The van der Waals surface area contributed by atoms with Crippen LogP contribution in [0.5, 0.6) is 0 Å². The third kappa shape index (κ3) is 2.33. The Morgan fingerprint density at radius 1 is 1.08 bits per heavy atom. The molecule has 0 aromatic heterocycles. The SMILES string of the molecule is O=C(CCCN1c2ccccc2C(=O)C12CC2)c1ccc(F)cc1. The molecule has 1 heterocycles. The Hall–Kier alpha value is -2.49. The molecule has 4 rings (SSSR count). The summed E-state index contributed by atoms with van der Waals surface area (Å²) in [6.45, 7) is 0.690. The predicted molar refractivity (Wildman–Crippen MR) is 90.0 cm³/mol. The Morgan fingerprint density at radius 3 is 2.50 bits per heavy atom. The van der Waals surface area contributed by atoms with E-state index in [-0.39, 0.29) is 22.9 Å². The molecule has 4 heteroatoms. The van der Waals surface area contributed by atoms with Crippen molar-refractivity contribution >= 4 is 17.3 Å². The van der Waals surface area contributed by atoms with Gasteiger partial charge in [-0.05, 0) is 55.7 Å². The van der Waals surface area contributed by atoms with Crippen LogP contribution in [0.2, 0.25) is 0 Å². The minimum absolute atomic E-state index is 0.0126. The van der Waals surface area contributed by atoms with Gasteiger partial charge in [-0.2, -0.15) is 0 Å². The number of hydrogen-bond acceptors (Lipinski definition) is 3. The molecule has 0 N–H and O–H groups in total. The first-order chi connectivity index (χ1) is 11.6. The van der Waals surface area contributed by atoms with Crippen LogP contribution in [0.3, 0.4) is 0 Å². The normalized spacial score (nSPS) is 17.2. The maximum absolute atomic E-state index is 12.9. The second-order valence-electron chi connectivity index (χ2n) is 6.56. The lowest BCUT2D eigenvalue weighted by atomic mass is 10.1. The van der Waals surface area contributed by atoms with Gasteiger partial charge in [0.15, 0.2) is 11.6 Å². The van der Waals surface area contributed by atoms with E-state index in [0.29, 0.717) is 24.9 Å². The van der Waals surface area contributed by atoms with Crippen molar-refractivity contribution in [2.24, 2.45) is 0 Å². The topological polar surface area (TPSA) is 37.4 Å². The number of carbonyl (C=O) groups excluding carboxylic acids is 2. The van der Waals surface area contributed by atoms with Gasteiger partial charge < -0.3 is 4.90 Å². The number of ketones is 2. The van der Waals surface area contributed by atoms with Gasteiger partial charge in [0.1, 0.15) is 11.4 Å². The van der Waals surface area contributed by atoms with Crippen LogP contribution in [0.25, 0.3) is 0 Å². The van der Waals surface area contributed by atoms with Crippen LogP contribution >= 0.6 is 0 Å². The average molecular weight is 323 g/mol. The number of carbonyl (C=O) groups is 2. The zero-order valence-corrected chi connectivity index (χ0v) is 13.3. The van der Waals surface area contributed by atoms with E-state index in [9.17, 15) is 14.0 Å².